The predicted octanol–water partition coefficient (Wildman–Crippen LogP) is 2.64. The molecule has 0 bridgehead atoms. The van der Waals surface area contributed by atoms with Crippen LogP contribution in [0.25, 0.3) is 0 Å². The van der Waals surface area contributed by atoms with Gasteiger partial charge in [0.05, 0.1) is 5.69 Å². The van der Waals surface area contributed by atoms with E-state index in [0.717, 1.165) is 6.92 Å². The molecule has 1 N–H and O–H groups in total. The van der Waals surface area contributed by atoms with Crippen molar-refractivity contribution in [1.29, 1.82) is 0 Å². The molecule has 0 aliphatic carbocycles. The lowest BCUT2D eigenvalue weighted by Crippen LogP contribution is -2.19. The van der Waals surface area contributed by atoms with Crippen LogP contribution >= 0.6 is 0 Å². The number of nitrogens with one attached hydrogen (secondary N) is 1. The van der Waals surface area contributed by atoms with Gasteiger partial charge < -0.3 is 4.98 Å². The lowest BCUT2D eigenvalue weighted by molar-refractivity contribution is -0.142. The third-order valence-corrected chi connectivity index (χ3v) is 1.82. The predicted molar refractivity (Wildman–Crippen MR) is 41.8 cm³/mol. The summed E-state index contributed by atoms with van der Waals surface area (Å²) in [5, 5.41) is 0. The molecule has 0 unspecified atom stereocenters. The second-order valence-electron chi connectivity index (χ2n) is 2.89. The third-order valence-electron chi connectivity index (χ3n) is 1.82. The summed E-state index contributed by atoms with van der Waals surface area (Å²) in [6.07, 6.45) is -7.98. The number of H-pyrrole nitrogens is 1. The van der Waals surface area contributed by atoms with Crippen molar-refractivity contribution in [3.05, 3.63) is 33.2 Å². The number of aromatic amines is 1. The molecule has 1 aromatic heterocycles. The molecule has 0 spiro atoms. The van der Waals surface area contributed by atoms with Crippen molar-refractivity contribution in [3.8, 4) is 0 Å². The normalized spacial score (nSPS) is 12.2. The van der Waals surface area contributed by atoms with Gasteiger partial charge in [0.25, 0.3) is 6.43 Å². The molecule has 0 aliphatic heterocycles. The van der Waals surface area contributed by atoms with Gasteiger partial charge in [-0.1, -0.05) is 0 Å². The Labute approximate surface area is 80.7 Å². The number of halogens is 5. The van der Waals surface area contributed by atoms with E-state index in [2.05, 4.69) is 0 Å². The molecule has 0 atom stereocenters. The van der Waals surface area contributed by atoms with Crippen molar-refractivity contribution in [2.24, 2.45) is 0 Å². The number of hydrogen-bond donors (Lipinski definition) is 1. The highest BCUT2D eigenvalue weighted by Gasteiger charge is 2.35. The summed E-state index contributed by atoms with van der Waals surface area (Å²) in [7, 11) is 0. The van der Waals surface area contributed by atoms with E-state index in [1.807, 2.05) is 0 Å². The number of pyridine rings is 1. The molecule has 1 aromatic rings. The van der Waals surface area contributed by atoms with Gasteiger partial charge in [-0.15, -0.1) is 0 Å². The summed E-state index contributed by atoms with van der Waals surface area (Å²) in [6.45, 7) is 0.927. The van der Waals surface area contributed by atoms with Crippen molar-refractivity contribution in [3.63, 3.8) is 0 Å². The maximum absolute atomic E-state index is 12.3. The largest absolute Gasteiger partial charge is 0.431 e. The number of hydrogen-bond acceptors (Lipinski definition) is 1. The van der Waals surface area contributed by atoms with Crippen LogP contribution < -0.4 is 5.43 Å². The summed E-state index contributed by atoms with van der Waals surface area (Å²) in [5.74, 6) is 0. The van der Waals surface area contributed by atoms with Gasteiger partial charge in [-0.2, -0.15) is 13.2 Å². The van der Waals surface area contributed by atoms with Gasteiger partial charge in [-0.3, -0.25) is 4.79 Å². The highest BCUT2D eigenvalue weighted by atomic mass is 19.4. The molecule has 0 saturated heterocycles. The Kier molecular flexibility index (Phi) is 2.83. The van der Waals surface area contributed by atoms with E-state index in [9.17, 15) is 26.7 Å². The fourth-order valence-electron chi connectivity index (χ4n) is 1.05. The van der Waals surface area contributed by atoms with Crippen molar-refractivity contribution in [1.82, 2.24) is 4.98 Å². The SMILES string of the molecule is Cc1c(C(F)(F)F)[nH]c(C(F)F)cc1=O. The summed E-state index contributed by atoms with van der Waals surface area (Å²) in [6, 6.07) is 0.467. The van der Waals surface area contributed by atoms with E-state index >= 15 is 0 Å². The minimum Gasteiger partial charge on any atom is -0.350 e. The maximum atomic E-state index is 12.3. The smallest absolute Gasteiger partial charge is 0.350 e. The van der Waals surface area contributed by atoms with E-state index in [-0.39, 0.29) is 0 Å². The first kappa shape index (κ1) is 11.7. The highest BCUT2D eigenvalue weighted by molar-refractivity contribution is 5.24. The molecule has 0 aromatic carbocycles. The average Bonchev–Trinajstić information content (AvgIpc) is 2.06. The molecule has 84 valence electrons. The average molecular weight is 227 g/mol. The zero-order chi connectivity index (χ0) is 11.8. The monoisotopic (exact) mass is 227 g/mol. The first-order valence-electron chi connectivity index (χ1n) is 3.82. The van der Waals surface area contributed by atoms with Gasteiger partial charge in [0.15, 0.2) is 5.43 Å². The molecule has 0 amide bonds. The molecule has 0 fully saturated rings. The van der Waals surface area contributed by atoms with Gasteiger partial charge in [0.2, 0.25) is 0 Å². The number of rotatable bonds is 1. The Balaban J connectivity index is 3.46. The van der Waals surface area contributed by atoms with Crippen LogP contribution in [0.2, 0.25) is 0 Å². The minimum atomic E-state index is -4.84. The lowest BCUT2D eigenvalue weighted by atomic mass is 10.2. The van der Waals surface area contributed by atoms with Crippen molar-refractivity contribution in [2.45, 2.75) is 19.5 Å². The standard InChI is InChI=1S/C8H6F5NO/c1-3-5(15)2-4(7(9)10)14-6(3)8(11,12)13/h2,7H,1H3,(H,14,15). The van der Waals surface area contributed by atoms with E-state index < -0.39 is 35.0 Å². The summed E-state index contributed by atoms with van der Waals surface area (Å²) >= 11 is 0. The Hall–Kier alpha value is -1.40. The van der Waals surface area contributed by atoms with Crippen LogP contribution in [0.1, 0.15) is 23.4 Å². The third kappa shape index (κ3) is 2.34. The quantitative estimate of drug-likeness (QED) is 0.735. The molecule has 1 heterocycles. The van der Waals surface area contributed by atoms with Crippen molar-refractivity contribution >= 4 is 0 Å². The van der Waals surface area contributed by atoms with Gasteiger partial charge in [0.1, 0.15) is 5.69 Å². The zero-order valence-corrected chi connectivity index (χ0v) is 7.45. The summed E-state index contributed by atoms with van der Waals surface area (Å²) in [4.78, 5) is 12.5. The van der Waals surface area contributed by atoms with E-state index in [1.165, 1.54) is 4.98 Å². The van der Waals surface area contributed by atoms with E-state index in [4.69, 9.17) is 0 Å². The fraction of sp³-hybridized carbons (Fsp3) is 0.375. The van der Waals surface area contributed by atoms with Gasteiger partial charge in [-0.05, 0) is 6.92 Å². The van der Waals surface area contributed by atoms with Crippen LogP contribution in [-0.2, 0) is 6.18 Å². The molecule has 15 heavy (non-hydrogen) atoms. The molecule has 7 heteroatoms. The van der Waals surface area contributed by atoms with Crippen LogP contribution in [0.4, 0.5) is 22.0 Å². The molecular weight excluding hydrogens is 221 g/mol. The Bertz CT molecular complexity index is 420. The second-order valence-corrected chi connectivity index (χ2v) is 2.89. The first-order chi connectivity index (χ1) is 6.73. The van der Waals surface area contributed by atoms with Crippen LogP contribution in [-0.4, -0.2) is 4.98 Å². The van der Waals surface area contributed by atoms with Crippen LogP contribution in [0.5, 0.6) is 0 Å². The summed E-state index contributed by atoms with van der Waals surface area (Å²) in [5.41, 5.74) is -4.13. The number of alkyl halides is 5. The molecule has 0 radical (unpaired) electrons. The molecule has 2 nitrogen and oxygen atoms in total. The van der Waals surface area contributed by atoms with E-state index in [1.54, 1.807) is 0 Å². The van der Waals surface area contributed by atoms with Gasteiger partial charge in [0, 0.05) is 11.6 Å². The maximum Gasteiger partial charge on any atom is 0.431 e. The highest BCUT2D eigenvalue weighted by Crippen LogP contribution is 2.30. The van der Waals surface area contributed by atoms with Crippen LogP contribution in [0.3, 0.4) is 0 Å². The van der Waals surface area contributed by atoms with Crippen LogP contribution in [0, 0.1) is 6.92 Å². The zero-order valence-electron chi connectivity index (χ0n) is 7.45. The van der Waals surface area contributed by atoms with Crippen LogP contribution in [0.15, 0.2) is 10.9 Å². The first-order valence-corrected chi connectivity index (χ1v) is 3.82. The Morgan fingerprint density at radius 2 is 1.87 bits per heavy atom. The molecule has 0 saturated carbocycles. The lowest BCUT2D eigenvalue weighted by Gasteiger charge is -2.11. The summed E-state index contributed by atoms with van der Waals surface area (Å²) < 4.78 is 61.0. The van der Waals surface area contributed by atoms with Crippen molar-refractivity contribution in [2.75, 3.05) is 0 Å². The van der Waals surface area contributed by atoms with Gasteiger partial charge >= 0.3 is 6.18 Å². The fourth-order valence-corrected chi connectivity index (χ4v) is 1.05. The van der Waals surface area contributed by atoms with Gasteiger partial charge in [-0.25, -0.2) is 8.78 Å². The minimum absolute atomic E-state index is 0.467. The van der Waals surface area contributed by atoms with E-state index in [0.29, 0.717) is 6.07 Å². The number of aromatic nitrogens is 1. The topological polar surface area (TPSA) is 32.9 Å². The molecular formula is C8H6F5NO. The Morgan fingerprint density at radius 1 is 1.33 bits per heavy atom. The second kappa shape index (κ2) is 3.63. The molecule has 1 rings (SSSR count). The van der Waals surface area contributed by atoms with Crippen molar-refractivity contribution < 1.29 is 22.0 Å². The molecule has 0 aliphatic rings. The Morgan fingerprint density at radius 3 is 2.27 bits per heavy atom.